The summed E-state index contributed by atoms with van der Waals surface area (Å²) in [6.07, 6.45) is 6.07. The molecule has 2 aliphatic rings. The minimum absolute atomic E-state index is 0.0371. The number of hydrogen-bond acceptors (Lipinski definition) is 4. The van der Waals surface area contributed by atoms with Gasteiger partial charge in [0.15, 0.2) is 11.6 Å². The van der Waals surface area contributed by atoms with Gasteiger partial charge in [-0.1, -0.05) is 6.07 Å². The van der Waals surface area contributed by atoms with Gasteiger partial charge in [-0.3, -0.25) is 4.79 Å². The van der Waals surface area contributed by atoms with Crippen molar-refractivity contribution in [3.63, 3.8) is 0 Å². The fourth-order valence-corrected chi connectivity index (χ4v) is 4.02. The first kappa shape index (κ1) is 18.7. The lowest BCUT2D eigenvalue weighted by Crippen LogP contribution is -2.22. The van der Waals surface area contributed by atoms with E-state index in [1.54, 1.807) is 23.2 Å². The van der Waals surface area contributed by atoms with Crippen molar-refractivity contribution >= 4 is 11.7 Å². The summed E-state index contributed by atoms with van der Waals surface area (Å²) in [7, 11) is 0. The highest BCUT2D eigenvalue weighted by Crippen LogP contribution is 2.31. The zero-order valence-electron chi connectivity index (χ0n) is 16.4. The van der Waals surface area contributed by atoms with Crippen molar-refractivity contribution in [3.05, 3.63) is 53.0 Å². The van der Waals surface area contributed by atoms with Crippen LogP contribution < -0.4 is 10.1 Å². The first-order valence-electron chi connectivity index (χ1n) is 10.1. The minimum atomic E-state index is -0.336. The number of amides is 1. The van der Waals surface area contributed by atoms with Gasteiger partial charge < -0.3 is 15.0 Å². The first-order chi connectivity index (χ1) is 13.6. The van der Waals surface area contributed by atoms with Crippen LogP contribution in [0.1, 0.15) is 67.1 Å². The largest absolute Gasteiger partial charge is 0.487 e. The smallest absolute Gasteiger partial charge is 0.254 e. The summed E-state index contributed by atoms with van der Waals surface area (Å²) in [6, 6.07) is 6.73. The zero-order valence-corrected chi connectivity index (χ0v) is 16.4. The van der Waals surface area contributed by atoms with Crippen molar-refractivity contribution in [3.8, 4) is 5.75 Å². The van der Waals surface area contributed by atoms with Crippen LogP contribution in [0, 0.1) is 5.82 Å². The lowest BCUT2D eigenvalue weighted by atomic mass is 10.1. The number of hydrogen-bond donors (Lipinski definition) is 1. The van der Waals surface area contributed by atoms with E-state index >= 15 is 0 Å². The Morgan fingerprint density at radius 2 is 2.11 bits per heavy atom. The summed E-state index contributed by atoms with van der Waals surface area (Å²) in [4.78, 5) is 18.6. The van der Waals surface area contributed by atoms with Gasteiger partial charge in [0.25, 0.3) is 5.91 Å². The standard InChI is InChI=1S/C22H26FN3O2/c1-3-26-13-18-17(22(26)27)10-11-24-21(18)25-14(2)15-8-9-20(19(23)12-15)28-16-6-4-5-7-16/h8-12,14,16H,3-7,13H2,1-2H3,(H,24,25). The molecule has 0 bridgehead atoms. The topological polar surface area (TPSA) is 54.5 Å². The predicted molar refractivity (Wildman–Crippen MR) is 106 cm³/mol. The van der Waals surface area contributed by atoms with Crippen LogP contribution in [-0.2, 0) is 6.54 Å². The summed E-state index contributed by atoms with van der Waals surface area (Å²) < 4.78 is 20.4. The predicted octanol–water partition coefficient (Wildman–Crippen LogP) is 4.69. The second kappa shape index (κ2) is 7.78. The first-order valence-corrected chi connectivity index (χ1v) is 10.1. The Bertz CT molecular complexity index is 880. The average Bonchev–Trinajstić information content (AvgIpc) is 3.32. The van der Waals surface area contributed by atoms with E-state index in [4.69, 9.17) is 4.74 Å². The zero-order chi connectivity index (χ0) is 19.7. The van der Waals surface area contributed by atoms with Gasteiger partial charge in [0.2, 0.25) is 0 Å². The van der Waals surface area contributed by atoms with E-state index in [1.807, 2.05) is 19.9 Å². The third-order valence-electron chi connectivity index (χ3n) is 5.71. The molecule has 1 fully saturated rings. The molecule has 28 heavy (non-hydrogen) atoms. The normalized spacial score (nSPS) is 17.7. The maximum atomic E-state index is 14.6. The average molecular weight is 383 g/mol. The summed E-state index contributed by atoms with van der Waals surface area (Å²) >= 11 is 0. The van der Waals surface area contributed by atoms with Gasteiger partial charge >= 0.3 is 0 Å². The Hall–Kier alpha value is -2.63. The van der Waals surface area contributed by atoms with Gasteiger partial charge in [0, 0.05) is 23.9 Å². The van der Waals surface area contributed by atoms with Crippen molar-refractivity contribution in [2.75, 3.05) is 11.9 Å². The van der Waals surface area contributed by atoms with Crippen LogP contribution in [-0.4, -0.2) is 28.4 Å². The van der Waals surface area contributed by atoms with E-state index in [0.717, 1.165) is 36.8 Å². The monoisotopic (exact) mass is 383 g/mol. The van der Waals surface area contributed by atoms with Crippen molar-refractivity contribution in [2.24, 2.45) is 0 Å². The number of anilines is 1. The van der Waals surface area contributed by atoms with Crippen molar-refractivity contribution in [2.45, 2.75) is 58.2 Å². The van der Waals surface area contributed by atoms with E-state index in [2.05, 4.69) is 10.3 Å². The van der Waals surface area contributed by atoms with Gasteiger partial charge in [0.05, 0.1) is 18.7 Å². The van der Waals surface area contributed by atoms with Gasteiger partial charge in [-0.2, -0.15) is 0 Å². The molecule has 0 radical (unpaired) electrons. The summed E-state index contributed by atoms with van der Waals surface area (Å²) in [5, 5.41) is 3.35. The number of ether oxygens (including phenoxy) is 1. The maximum Gasteiger partial charge on any atom is 0.254 e. The third kappa shape index (κ3) is 3.55. The van der Waals surface area contributed by atoms with Gasteiger partial charge in [-0.25, -0.2) is 9.37 Å². The SMILES string of the molecule is CCN1Cc2c(ccnc2NC(C)c2ccc(OC3CCCC3)c(F)c2)C1=O. The molecule has 1 aromatic heterocycles. The number of benzene rings is 1. The summed E-state index contributed by atoms with van der Waals surface area (Å²) in [6.45, 7) is 5.14. The molecule has 6 heteroatoms. The van der Waals surface area contributed by atoms with Crippen molar-refractivity contribution in [1.82, 2.24) is 9.88 Å². The number of aromatic nitrogens is 1. The molecule has 1 amide bonds. The lowest BCUT2D eigenvalue weighted by Gasteiger charge is -2.19. The second-order valence-corrected chi connectivity index (χ2v) is 7.59. The molecule has 0 saturated heterocycles. The molecule has 1 atom stereocenters. The molecule has 148 valence electrons. The Morgan fingerprint density at radius 3 is 2.82 bits per heavy atom. The number of fused-ring (bicyclic) bond motifs is 1. The number of rotatable bonds is 6. The Balaban J connectivity index is 1.50. The quantitative estimate of drug-likeness (QED) is 0.786. The third-order valence-corrected chi connectivity index (χ3v) is 5.71. The molecule has 4 rings (SSSR count). The molecule has 1 N–H and O–H groups in total. The molecule has 5 nitrogen and oxygen atoms in total. The van der Waals surface area contributed by atoms with Crippen LogP contribution in [0.4, 0.5) is 10.2 Å². The van der Waals surface area contributed by atoms with Crippen LogP contribution in [0.5, 0.6) is 5.75 Å². The number of nitrogens with one attached hydrogen (secondary N) is 1. The van der Waals surface area contributed by atoms with E-state index in [-0.39, 0.29) is 23.9 Å². The molecule has 1 unspecified atom stereocenters. The molecular formula is C22H26FN3O2. The molecule has 1 saturated carbocycles. The number of halogens is 1. The molecule has 1 aromatic carbocycles. The number of carbonyl (C=O) groups is 1. The highest BCUT2D eigenvalue weighted by molar-refractivity contribution is 5.99. The summed E-state index contributed by atoms with van der Waals surface area (Å²) in [5.41, 5.74) is 2.41. The van der Waals surface area contributed by atoms with E-state index in [0.29, 0.717) is 30.2 Å². The second-order valence-electron chi connectivity index (χ2n) is 7.59. The van der Waals surface area contributed by atoms with Gasteiger partial charge in [0.1, 0.15) is 5.82 Å². The lowest BCUT2D eigenvalue weighted by molar-refractivity contribution is 0.0787. The number of nitrogens with zero attached hydrogens (tertiary/aromatic N) is 2. The van der Waals surface area contributed by atoms with Gasteiger partial charge in [-0.15, -0.1) is 0 Å². The Labute approximate surface area is 164 Å². The molecule has 1 aliphatic carbocycles. The van der Waals surface area contributed by atoms with Gasteiger partial charge in [-0.05, 0) is 63.3 Å². The molecule has 2 aromatic rings. The molecule has 2 heterocycles. The number of carbonyl (C=O) groups excluding carboxylic acids is 1. The van der Waals surface area contributed by atoms with Crippen LogP contribution in [0.2, 0.25) is 0 Å². The van der Waals surface area contributed by atoms with Crippen LogP contribution in [0.15, 0.2) is 30.5 Å². The Morgan fingerprint density at radius 1 is 1.32 bits per heavy atom. The van der Waals surface area contributed by atoms with E-state index in [9.17, 15) is 9.18 Å². The molecule has 0 spiro atoms. The van der Waals surface area contributed by atoms with E-state index in [1.165, 1.54) is 6.07 Å². The van der Waals surface area contributed by atoms with Crippen molar-refractivity contribution < 1.29 is 13.9 Å². The summed E-state index contributed by atoms with van der Waals surface area (Å²) in [5.74, 6) is 0.707. The Kier molecular flexibility index (Phi) is 5.20. The fraction of sp³-hybridized carbons (Fsp3) is 0.455. The molecular weight excluding hydrogens is 357 g/mol. The van der Waals surface area contributed by atoms with Crippen molar-refractivity contribution in [1.29, 1.82) is 0 Å². The highest BCUT2D eigenvalue weighted by atomic mass is 19.1. The molecule has 1 aliphatic heterocycles. The minimum Gasteiger partial charge on any atom is -0.487 e. The van der Waals surface area contributed by atoms with Crippen LogP contribution in [0.25, 0.3) is 0 Å². The number of pyridine rings is 1. The van der Waals surface area contributed by atoms with Crippen LogP contribution in [0.3, 0.4) is 0 Å². The fourth-order valence-electron chi connectivity index (χ4n) is 4.02. The van der Waals surface area contributed by atoms with Crippen LogP contribution >= 0.6 is 0 Å². The van der Waals surface area contributed by atoms with E-state index < -0.39 is 0 Å². The maximum absolute atomic E-state index is 14.6. The highest BCUT2D eigenvalue weighted by Gasteiger charge is 2.29.